The van der Waals surface area contributed by atoms with Gasteiger partial charge in [-0.3, -0.25) is 0 Å². The molecule has 0 fully saturated rings. The molecule has 39 heavy (non-hydrogen) atoms. The second-order valence-electron chi connectivity index (χ2n) is 9.34. The maximum absolute atomic E-state index is 11.5. The van der Waals surface area contributed by atoms with Gasteiger partial charge in [-0.05, 0) is 70.3 Å². The molecule has 1 N–H and O–H groups in total. The number of hydrogen-bond donors (Lipinski definition) is 1. The number of phenolic OH excluding ortho intramolecular Hbond substituents is 1. The summed E-state index contributed by atoms with van der Waals surface area (Å²) in [6.45, 7) is 0. The van der Waals surface area contributed by atoms with E-state index >= 15 is 0 Å². The minimum Gasteiger partial charge on any atom is -0.507 e. The molecule has 0 heterocycles. The molecular formula is C36H26BrNO. The van der Waals surface area contributed by atoms with E-state index in [9.17, 15) is 5.11 Å². The van der Waals surface area contributed by atoms with Gasteiger partial charge in [0.1, 0.15) is 5.75 Å². The van der Waals surface area contributed by atoms with Crippen LogP contribution >= 0.6 is 15.9 Å². The highest BCUT2D eigenvalue weighted by Gasteiger charge is 2.19. The van der Waals surface area contributed by atoms with Gasteiger partial charge in [-0.1, -0.05) is 119 Å². The maximum atomic E-state index is 11.5. The number of nitrogens with zero attached hydrogens (tertiary/aromatic N) is 1. The van der Waals surface area contributed by atoms with E-state index in [0.29, 0.717) is 0 Å². The van der Waals surface area contributed by atoms with E-state index in [0.717, 1.165) is 49.4 Å². The predicted octanol–water partition coefficient (Wildman–Crippen LogP) is 10.6. The monoisotopic (exact) mass is 567 g/mol. The van der Waals surface area contributed by atoms with Gasteiger partial charge in [-0.15, -0.1) is 0 Å². The summed E-state index contributed by atoms with van der Waals surface area (Å²) in [5.41, 5.74) is 9.02. The van der Waals surface area contributed by atoms with Crippen LogP contribution in [-0.2, 0) is 0 Å². The Labute approximate surface area is 237 Å². The molecule has 0 radical (unpaired) electrons. The van der Waals surface area contributed by atoms with E-state index in [1.165, 1.54) is 5.56 Å². The second kappa shape index (κ2) is 11.0. The molecule has 0 amide bonds. The van der Waals surface area contributed by atoms with Crippen LogP contribution in [-0.4, -0.2) is 5.11 Å². The van der Waals surface area contributed by atoms with Gasteiger partial charge >= 0.3 is 0 Å². The zero-order valence-corrected chi connectivity index (χ0v) is 22.8. The van der Waals surface area contributed by atoms with Gasteiger partial charge in [0.15, 0.2) is 0 Å². The lowest BCUT2D eigenvalue weighted by molar-refractivity contribution is 0.477. The number of halogens is 1. The number of aromatic hydroxyl groups is 1. The van der Waals surface area contributed by atoms with Crippen LogP contribution in [0.25, 0.3) is 33.4 Å². The lowest BCUT2D eigenvalue weighted by Gasteiger charge is -2.27. The molecule has 0 saturated carbocycles. The summed E-state index contributed by atoms with van der Waals surface area (Å²) in [4.78, 5) is 2.18. The highest BCUT2D eigenvalue weighted by Crippen LogP contribution is 2.45. The van der Waals surface area contributed by atoms with Crippen LogP contribution in [0.3, 0.4) is 0 Å². The van der Waals surface area contributed by atoms with Gasteiger partial charge in [0.25, 0.3) is 0 Å². The lowest BCUT2D eigenvalue weighted by Crippen LogP contribution is -2.10. The van der Waals surface area contributed by atoms with Crippen molar-refractivity contribution in [3.63, 3.8) is 0 Å². The van der Waals surface area contributed by atoms with Crippen LogP contribution in [0.1, 0.15) is 0 Å². The van der Waals surface area contributed by atoms with Gasteiger partial charge < -0.3 is 10.0 Å². The van der Waals surface area contributed by atoms with Crippen LogP contribution in [0.2, 0.25) is 0 Å². The number of benzene rings is 6. The van der Waals surface area contributed by atoms with E-state index < -0.39 is 0 Å². The van der Waals surface area contributed by atoms with E-state index in [-0.39, 0.29) is 5.75 Å². The third-order valence-electron chi connectivity index (χ3n) is 6.83. The van der Waals surface area contributed by atoms with E-state index in [1.807, 2.05) is 72.8 Å². The Hall–Kier alpha value is -4.60. The number of rotatable bonds is 6. The fourth-order valence-corrected chi connectivity index (χ4v) is 5.23. The molecule has 0 bridgehead atoms. The Kier molecular flexibility index (Phi) is 6.99. The SMILES string of the molecule is Oc1cc(N(c2ccc(Br)cc2)c2ccc(-c3ccccc3)cc2)cc(-c2ccccc2)c1-c1ccccc1. The van der Waals surface area contributed by atoms with Crippen LogP contribution in [0.15, 0.2) is 156 Å². The van der Waals surface area contributed by atoms with Crippen molar-refractivity contribution >= 4 is 33.0 Å². The zero-order chi connectivity index (χ0) is 26.6. The zero-order valence-electron chi connectivity index (χ0n) is 21.2. The Morgan fingerprint density at radius 1 is 0.436 bits per heavy atom. The average Bonchev–Trinajstić information content (AvgIpc) is 3.00. The van der Waals surface area contributed by atoms with E-state index in [1.54, 1.807) is 0 Å². The molecule has 0 unspecified atom stereocenters. The van der Waals surface area contributed by atoms with Crippen LogP contribution in [0.4, 0.5) is 17.1 Å². The quantitative estimate of drug-likeness (QED) is 0.216. The summed E-state index contributed by atoms with van der Waals surface area (Å²) in [7, 11) is 0. The molecule has 3 heteroatoms. The molecule has 0 aliphatic rings. The van der Waals surface area contributed by atoms with Crippen molar-refractivity contribution in [3.8, 4) is 39.1 Å². The second-order valence-corrected chi connectivity index (χ2v) is 10.3. The van der Waals surface area contributed by atoms with Gasteiger partial charge in [0.2, 0.25) is 0 Å². The third-order valence-corrected chi connectivity index (χ3v) is 7.35. The molecule has 2 nitrogen and oxygen atoms in total. The average molecular weight is 569 g/mol. The summed E-state index contributed by atoms with van der Waals surface area (Å²) < 4.78 is 1.01. The van der Waals surface area contributed by atoms with Crippen molar-refractivity contribution < 1.29 is 5.11 Å². The molecule has 6 aromatic rings. The standard InChI is InChI=1S/C36H26BrNO/c37-30-18-22-32(23-19-30)38(31-20-16-27(17-21-31)26-10-4-1-5-11-26)33-24-34(28-12-6-2-7-13-28)36(35(39)25-33)29-14-8-3-9-15-29/h1-25,39H. The lowest BCUT2D eigenvalue weighted by atomic mass is 9.92. The summed E-state index contributed by atoms with van der Waals surface area (Å²) in [6, 6.07) is 51.5. The van der Waals surface area contributed by atoms with Crippen molar-refractivity contribution in [2.75, 3.05) is 4.90 Å². The van der Waals surface area contributed by atoms with Gasteiger partial charge in [-0.25, -0.2) is 0 Å². The summed E-state index contributed by atoms with van der Waals surface area (Å²) in [5, 5.41) is 11.5. The highest BCUT2D eigenvalue weighted by atomic mass is 79.9. The predicted molar refractivity (Wildman–Crippen MR) is 167 cm³/mol. The first-order valence-corrected chi connectivity index (χ1v) is 13.7. The molecule has 6 aromatic carbocycles. The van der Waals surface area contributed by atoms with E-state index in [2.05, 4.69) is 99.7 Å². The van der Waals surface area contributed by atoms with Crippen LogP contribution < -0.4 is 4.90 Å². The molecular weight excluding hydrogens is 542 g/mol. The minimum atomic E-state index is 0.237. The number of anilines is 3. The first kappa shape index (κ1) is 24.7. The topological polar surface area (TPSA) is 23.5 Å². The molecule has 0 spiro atoms. The highest BCUT2D eigenvalue weighted by molar-refractivity contribution is 9.10. The molecule has 6 rings (SSSR count). The summed E-state index contributed by atoms with van der Waals surface area (Å²) in [6.07, 6.45) is 0. The normalized spacial score (nSPS) is 10.8. The van der Waals surface area contributed by atoms with Gasteiger partial charge in [0.05, 0.1) is 5.69 Å². The molecule has 0 aliphatic heterocycles. The van der Waals surface area contributed by atoms with Gasteiger partial charge in [0, 0.05) is 27.5 Å². The van der Waals surface area contributed by atoms with Crippen molar-refractivity contribution in [2.24, 2.45) is 0 Å². The van der Waals surface area contributed by atoms with Crippen molar-refractivity contribution in [2.45, 2.75) is 0 Å². The number of hydrogen-bond acceptors (Lipinski definition) is 2. The molecule has 188 valence electrons. The Morgan fingerprint density at radius 2 is 0.897 bits per heavy atom. The molecule has 0 atom stereocenters. The molecule has 0 aromatic heterocycles. The van der Waals surface area contributed by atoms with Crippen LogP contribution in [0.5, 0.6) is 5.75 Å². The van der Waals surface area contributed by atoms with E-state index in [4.69, 9.17) is 0 Å². The summed E-state index contributed by atoms with van der Waals surface area (Å²) in [5.74, 6) is 0.237. The van der Waals surface area contributed by atoms with Gasteiger partial charge in [-0.2, -0.15) is 0 Å². The fraction of sp³-hybridized carbons (Fsp3) is 0. The minimum absolute atomic E-state index is 0.237. The fourth-order valence-electron chi connectivity index (χ4n) is 4.97. The largest absolute Gasteiger partial charge is 0.507 e. The smallest absolute Gasteiger partial charge is 0.126 e. The number of phenols is 1. The maximum Gasteiger partial charge on any atom is 0.126 e. The summed E-state index contributed by atoms with van der Waals surface area (Å²) >= 11 is 3.57. The molecule has 0 saturated heterocycles. The Bertz CT molecular complexity index is 1680. The third kappa shape index (κ3) is 5.22. The van der Waals surface area contributed by atoms with Crippen molar-refractivity contribution in [3.05, 3.63) is 156 Å². The Morgan fingerprint density at radius 3 is 1.46 bits per heavy atom. The van der Waals surface area contributed by atoms with Crippen molar-refractivity contribution in [1.82, 2.24) is 0 Å². The first-order valence-electron chi connectivity index (χ1n) is 12.9. The Balaban J connectivity index is 1.54. The first-order chi connectivity index (χ1) is 19.2. The molecule has 0 aliphatic carbocycles. The van der Waals surface area contributed by atoms with Crippen LogP contribution in [0, 0.1) is 0 Å². The van der Waals surface area contributed by atoms with Crippen molar-refractivity contribution in [1.29, 1.82) is 0 Å².